The third-order valence-electron chi connectivity index (χ3n) is 2.35. The van der Waals surface area contributed by atoms with Crippen LogP contribution in [0.2, 0.25) is 0 Å². The third-order valence-corrected chi connectivity index (χ3v) is 3.59. The molecule has 5 nitrogen and oxygen atoms in total. The summed E-state index contributed by atoms with van der Waals surface area (Å²) in [7, 11) is 0. The van der Waals surface area contributed by atoms with Crippen molar-refractivity contribution >= 4 is 29.8 Å². The maximum Gasteiger partial charge on any atom is 0.338 e. The van der Waals surface area contributed by atoms with Crippen molar-refractivity contribution in [3.8, 4) is 0 Å². The first kappa shape index (κ1) is 8.60. The van der Waals surface area contributed by atoms with Gasteiger partial charge in [-0.05, 0) is 12.1 Å². The van der Waals surface area contributed by atoms with E-state index in [0.29, 0.717) is 0 Å². The molecule has 2 heterocycles. The van der Waals surface area contributed by atoms with Gasteiger partial charge >= 0.3 is 6.03 Å². The first-order valence-corrected chi connectivity index (χ1v) is 5.32. The quantitative estimate of drug-likeness (QED) is 0.715. The molecule has 0 spiro atoms. The Bertz CT molecular complexity index is 461. The third kappa shape index (κ3) is 1.11. The molecule has 0 fully saturated rings. The summed E-state index contributed by atoms with van der Waals surface area (Å²) in [5.74, 6) is 0. The summed E-state index contributed by atoms with van der Waals surface area (Å²) < 4.78 is 0. The molecule has 0 bridgehead atoms. The lowest BCUT2D eigenvalue weighted by Gasteiger charge is -2.19. The molecule has 0 unspecified atom stereocenters. The lowest BCUT2D eigenvalue weighted by Crippen LogP contribution is -2.40. The lowest BCUT2D eigenvalue weighted by atomic mass is 10.3. The van der Waals surface area contributed by atoms with Crippen molar-refractivity contribution in [3.05, 3.63) is 24.3 Å². The summed E-state index contributed by atoms with van der Waals surface area (Å²) in [5, 5.41) is 5.24. The van der Waals surface area contributed by atoms with Crippen LogP contribution in [0.4, 0.5) is 10.5 Å². The number of para-hydroxylation sites is 1. The number of anilines is 1. The Morgan fingerprint density at radius 2 is 2.27 bits per heavy atom. The zero-order valence-corrected chi connectivity index (χ0v) is 8.52. The van der Waals surface area contributed by atoms with Crippen LogP contribution in [-0.4, -0.2) is 22.9 Å². The van der Waals surface area contributed by atoms with Crippen molar-refractivity contribution in [2.45, 2.75) is 10.4 Å². The number of nitrogens with two attached hydrogens (primary N) is 1. The summed E-state index contributed by atoms with van der Waals surface area (Å²) >= 11 is 1.57. The number of hydrogen-bond acceptors (Lipinski definition) is 4. The van der Waals surface area contributed by atoms with Gasteiger partial charge in [-0.25, -0.2) is 4.79 Å². The Balaban J connectivity index is 2.01. The maximum absolute atomic E-state index is 11.1. The molecule has 2 aliphatic rings. The minimum absolute atomic E-state index is 0.153. The predicted molar refractivity (Wildman–Crippen MR) is 58.5 cm³/mol. The summed E-state index contributed by atoms with van der Waals surface area (Å²) in [6, 6.07) is 7.42. The fourth-order valence-corrected chi connectivity index (χ4v) is 2.90. The summed E-state index contributed by atoms with van der Waals surface area (Å²) in [6.07, 6.45) is 1.63. The molecule has 0 aromatic heterocycles. The number of urea groups is 1. The van der Waals surface area contributed by atoms with Gasteiger partial charge in [0.25, 0.3) is 0 Å². The zero-order chi connectivity index (χ0) is 10.4. The molecule has 15 heavy (non-hydrogen) atoms. The van der Waals surface area contributed by atoms with E-state index in [2.05, 4.69) is 5.10 Å². The number of benzene rings is 1. The fraction of sp³-hybridized carbons (Fsp3) is 0.111. The summed E-state index contributed by atoms with van der Waals surface area (Å²) in [6.45, 7) is 0. The van der Waals surface area contributed by atoms with Gasteiger partial charge in [0.05, 0.1) is 5.69 Å². The van der Waals surface area contributed by atoms with Gasteiger partial charge in [0.1, 0.15) is 6.34 Å². The Morgan fingerprint density at radius 1 is 1.47 bits per heavy atom. The van der Waals surface area contributed by atoms with Gasteiger partial charge in [0.15, 0.2) is 5.50 Å². The molecular formula is C9H8N4OS. The number of nitrogens with zero attached hydrogens (tertiary/aromatic N) is 3. The van der Waals surface area contributed by atoms with Crippen LogP contribution in [0.3, 0.4) is 0 Å². The Hall–Kier alpha value is -1.69. The number of thioether (sulfide) groups is 1. The smallest absolute Gasteiger partial charge is 0.338 e. The Kier molecular flexibility index (Phi) is 1.66. The van der Waals surface area contributed by atoms with Crippen molar-refractivity contribution in [1.29, 1.82) is 0 Å². The van der Waals surface area contributed by atoms with Crippen LogP contribution in [0.1, 0.15) is 0 Å². The van der Waals surface area contributed by atoms with E-state index in [1.54, 1.807) is 18.1 Å². The van der Waals surface area contributed by atoms with Crippen LogP contribution in [0.15, 0.2) is 34.3 Å². The standard InChI is InChI=1S/C9H8N4OS/c10-8(14)13-9-12(5-11-13)6-3-1-2-4-7(6)15-9/h1-5,9H,(H2,10,14)/t9-/m0/s1. The molecule has 0 aliphatic carbocycles. The van der Waals surface area contributed by atoms with E-state index in [1.165, 1.54) is 5.01 Å². The summed E-state index contributed by atoms with van der Waals surface area (Å²) in [4.78, 5) is 14.2. The SMILES string of the molecule is NC(=O)N1N=CN2c3ccccc3S[C@H]12. The number of rotatable bonds is 0. The van der Waals surface area contributed by atoms with Gasteiger partial charge in [-0.3, -0.25) is 4.90 Å². The molecule has 0 radical (unpaired) electrons. The van der Waals surface area contributed by atoms with Crippen molar-refractivity contribution in [2.75, 3.05) is 4.90 Å². The van der Waals surface area contributed by atoms with Crippen LogP contribution in [0.25, 0.3) is 0 Å². The monoisotopic (exact) mass is 220 g/mol. The van der Waals surface area contributed by atoms with Crippen LogP contribution in [0.5, 0.6) is 0 Å². The predicted octanol–water partition coefficient (Wildman–Crippen LogP) is 1.22. The molecule has 1 atom stereocenters. The molecule has 1 aromatic rings. The number of hydrazone groups is 1. The Morgan fingerprint density at radius 3 is 3.07 bits per heavy atom. The van der Waals surface area contributed by atoms with Crippen LogP contribution < -0.4 is 10.6 Å². The van der Waals surface area contributed by atoms with Gasteiger partial charge in [-0.15, -0.1) is 0 Å². The van der Waals surface area contributed by atoms with Crippen LogP contribution >= 0.6 is 11.8 Å². The number of carbonyl (C=O) groups excluding carboxylic acids is 1. The molecule has 3 rings (SSSR count). The molecule has 2 N–H and O–H groups in total. The second-order valence-corrected chi connectivity index (χ2v) is 4.33. The van der Waals surface area contributed by atoms with E-state index in [-0.39, 0.29) is 5.50 Å². The second-order valence-electron chi connectivity index (χ2n) is 3.23. The highest BCUT2D eigenvalue weighted by Crippen LogP contribution is 2.45. The van der Waals surface area contributed by atoms with Crippen molar-refractivity contribution in [1.82, 2.24) is 5.01 Å². The number of carbonyl (C=O) groups is 1. The minimum atomic E-state index is -0.529. The molecule has 2 aliphatic heterocycles. The van der Waals surface area contributed by atoms with Gasteiger partial charge in [-0.1, -0.05) is 23.9 Å². The maximum atomic E-state index is 11.1. The molecule has 0 saturated carbocycles. The van der Waals surface area contributed by atoms with E-state index >= 15 is 0 Å². The van der Waals surface area contributed by atoms with E-state index < -0.39 is 6.03 Å². The van der Waals surface area contributed by atoms with E-state index in [4.69, 9.17) is 5.73 Å². The first-order chi connectivity index (χ1) is 7.27. The molecule has 76 valence electrons. The molecule has 1 aromatic carbocycles. The topological polar surface area (TPSA) is 61.9 Å². The number of amides is 2. The number of hydrogen-bond donors (Lipinski definition) is 1. The number of fused-ring (bicyclic) bond motifs is 3. The van der Waals surface area contributed by atoms with E-state index in [9.17, 15) is 4.79 Å². The van der Waals surface area contributed by atoms with Crippen molar-refractivity contribution < 1.29 is 4.79 Å². The van der Waals surface area contributed by atoms with Gasteiger partial charge in [0, 0.05) is 4.90 Å². The first-order valence-electron chi connectivity index (χ1n) is 4.44. The highest BCUT2D eigenvalue weighted by Gasteiger charge is 2.39. The molecule has 0 saturated heterocycles. The van der Waals surface area contributed by atoms with Gasteiger partial charge in [0.2, 0.25) is 0 Å². The second kappa shape index (κ2) is 2.90. The number of primary amides is 1. The van der Waals surface area contributed by atoms with E-state index in [1.807, 2.05) is 29.2 Å². The molecule has 6 heteroatoms. The van der Waals surface area contributed by atoms with Gasteiger partial charge in [-0.2, -0.15) is 10.1 Å². The average Bonchev–Trinajstić information content (AvgIpc) is 2.74. The molecule has 2 amide bonds. The normalized spacial score (nSPS) is 21.7. The highest BCUT2D eigenvalue weighted by atomic mass is 32.2. The van der Waals surface area contributed by atoms with Crippen LogP contribution in [-0.2, 0) is 0 Å². The lowest BCUT2D eigenvalue weighted by molar-refractivity contribution is 0.211. The zero-order valence-electron chi connectivity index (χ0n) is 7.70. The van der Waals surface area contributed by atoms with Gasteiger partial charge < -0.3 is 5.73 Å². The van der Waals surface area contributed by atoms with Crippen LogP contribution in [0, 0.1) is 0 Å². The average molecular weight is 220 g/mol. The minimum Gasteiger partial charge on any atom is -0.350 e. The Labute approximate surface area is 90.5 Å². The largest absolute Gasteiger partial charge is 0.350 e. The van der Waals surface area contributed by atoms with E-state index in [0.717, 1.165) is 10.6 Å². The van der Waals surface area contributed by atoms with Crippen molar-refractivity contribution in [2.24, 2.45) is 10.8 Å². The highest BCUT2D eigenvalue weighted by molar-refractivity contribution is 8.00. The molecular weight excluding hydrogens is 212 g/mol. The fourth-order valence-electron chi connectivity index (χ4n) is 1.68. The van der Waals surface area contributed by atoms with Crippen molar-refractivity contribution in [3.63, 3.8) is 0 Å². The summed E-state index contributed by atoms with van der Waals surface area (Å²) in [5.41, 5.74) is 6.14.